The van der Waals surface area contributed by atoms with Gasteiger partial charge in [-0.25, -0.2) is 9.37 Å². The van der Waals surface area contributed by atoms with E-state index in [1.54, 1.807) is 37.4 Å². The fourth-order valence-corrected chi connectivity index (χ4v) is 3.10. The minimum Gasteiger partial charge on any atom is -0.356 e. The fraction of sp³-hybridized carbons (Fsp3) is 0.444. The van der Waals surface area contributed by atoms with Crippen molar-refractivity contribution in [2.45, 2.75) is 39.7 Å². The van der Waals surface area contributed by atoms with E-state index in [0.717, 1.165) is 43.0 Å². The van der Waals surface area contributed by atoms with Gasteiger partial charge in [0.05, 0.1) is 5.01 Å². The van der Waals surface area contributed by atoms with Crippen LogP contribution in [0.15, 0.2) is 28.6 Å². The molecule has 0 aliphatic carbocycles. The average Bonchev–Trinajstić information content (AvgIpc) is 2.98. The van der Waals surface area contributed by atoms with Crippen LogP contribution in [-0.2, 0) is 13.0 Å². The van der Waals surface area contributed by atoms with Crippen LogP contribution in [0, 0.1) is 19.7 Å². The first kappa shape index (κ1) is 18.4. The molecule has 0 spiro atoms. The molecule has 0 bridgehead atoms. The van der Waals surface area contributed by atoms with Crippen LogP contribution >= 0.6 is 11.3 Å². The molecule has 1 aromatic carbocycles. The van der Waals surface area contributed by atoms with Gasteiger partial charge in [0.2, 0.25) is 0 Å². The van der Waals surface area contributed by atoms with E-state index in [9.17, 15) is 4.39 Å². The molecule has 0 fully saturated rings. The van der Waals surface area contributed by atoms with Crippen LogP contribution in [0.1, 0.15) is 34.7 Å². The zero-order chi connectivity index (χ0) is 17.4. The second-order valence-corrected chi connectivity index (χ2v) is 6.72. The van der Waals surface area contributed by atoms with E-state index >= 15 is 0 Å². The maximum absolute atomic E-state index is 13.5. The number of aliphatic imine (C=N–C) groups is 1. The molecule has 24 heavy (non-hydrogen) atoms. The highest BCUT2D eigenvalue weighted by Gasteiger charge is 2.02. The highest BCUT2D eigenvalue weighted by Crippen LogP contribution is 2.11. The molecule has 0 amide bonds. The molecule has 2 aromatic rings. The number of nitrogens with one attached hydrogen (secondary N) is 2. The molecule has 2 N–H and O–H groups in total. The molecule has 0 unspecified atom stereocenters. The summed E-state index contributed by atoms with van der Waals surface area (Å²) in [7, 11) is 1.74. The lowest BCUT2D eigenvalue weighted by atomic mass is 10.1. The number of guanidine groups is 1. The van der Waals surface area contributed by atoms with Crippen molar-refractivity contribution in [2.24, 2.45) is 4.99 Å². The molecule has 0 aliphatic rings. The molecular weight excluding hydrogens is 323 g/mol. The SMILES string of the molecule is CN=C(NCCCCc1nc(C)cs1)NCc1ccc(C)c(F)c1. The first-order chi connectivity index (χ1) is 11.6. The molecule has 0 radical (unpaired) electrons. The topological polar surface area (TPSA) is 49.3 Å². The number of unbranched alkanes of at least 4 members (excludes halogenated alkanes) is 1. The van der Waals surface area contributed by atoms with Crippen molar-refractivity contribution >= 4 is 17.3 Å². The summed E-state index contributed by atoms with van der Waals surface area (Å²) in [6.45, 7) is 5.19. The summed E-state index contributed by atoms with van der Waals surface area (Å²) in [5.41, 5.74) is 2.67. The van der Waals surface area contributed by atoms with Crippen molar-refractivity contribution in [3.05, 3.63) is 51.2 Å². The van der Waals surface area contributed by atoms with Gasteiger partial charge in [0.25, 0.3) is 0 Å². The molecule has 0 aliphatic heterocycles. The van der Waals surface area contributed by atoms with Gasteiger partial charge in [-0.3, -0.25) is 4.99 Å². The Labute approximate surface area is 147 Å². The van der Waals surface area contributed by atoms with Crippen LogP contribution in [0.2, 0.25) is 0 Å². The van der Waals surface area contributed by atoms with Gasteiger partial charge < -0.3 is 10.6 Å². The summed E-state index contributed by atoms with van der Waals surface area (Å²) in [4.78, 5) is 8.66. The van der Waals surface area contributed by atoms with Crippen molar-refractivity contribution in [3.8, 4) is 0 Å². The van der Waals surface area contributed by atoms with Crippen molar-refractivity contribution in [2.75, 3.05) is 13.6 Å². The van der Waals surface area contributed by atoms with Gasteiger partial charge in [0.15, 0.2) is 5.96 Å². The Bertz CT molecular complexity index is 681. The first-order valence-electron chi connectivity index (χ1n) is 8.19. The molecule has 0 atom stereocenters. The minimum atomic E-state index is -0.172. The number of halogens is 1. The van der Waals surface area contributed by atoms with Crippen molar-refractivity contribution in [1.82, 2.24) is 15.6 Å². The van der Waals surface area contributed by atoms with Crippen LogP contribution in [0.4, 0.5) is 4.39 Å². The molecular formula is C18H25FN4S. The van der Waals surface area contributed by atoms with Crippen molar-refractivity contribution in [3.63, 3.8) is 0 Å². The van der Waals surface area contributed by atoms with Gasteiger partial charge in [0.1, 0.15) is 5.82 Å². The van der Waals surface area contributed by atoms with E-state index in [2.05, 4.69) is 26.0 Å². The molecule has 4 nitrogen and oxygen atoms in total. The smallest absolute Gasteiger partial charge is 0.191 e. The van der Waals surface area contributed by atoms with Gasteiger partial charge in [0, 0.05) is 31.2 Å². The quantitative estimate of drug-likeness (QED) is 0.457. The Kier molecular flexibility index (Phi) is 7.18. The predicted molar refractivity (Wildman–Crippen MR) is 99.1 cm³/mol. The lowest BCUT2D eigenvalue weighted by Crippen LogP contribution is -2.37. The first-order valence-corrected chi connectivity index (χ1v) is 9.07. The van der Waals surface area contributed by atoms with Gasteiger partial charge in [-0.1, -0.05) is 12.1 Å². The third-order valence-electron chi connectivity index (χ3n) is 3.70. The number of aryl methyl sites for hydroxylation is 3. The Balaban J connectivity index is 1.65. The highest BCUT2D eigenvalue weighted by atomic mass is 32.1. The van der Waals surface area contributed by atoms with E-state index in [0.29, 0.717) is 12.1 Å². The number of rotatable bonds is 7. The second kappa shape index (κ2) is 9.37. The van der Waals surface area contributed by atoms with E-state index < -0.39 is 0 Å². The monoisotopic (exact) mass is 348 g/mol. The van der Waals surface area contributed by atoms with Crippen LogP contribution < -0.4 is 10.6 Å². The van der Waals surface area contributed by atoms with E-state index in [1.165, 1.54) is 5.01 Å². The molecule has 1 aromatic heterocycles. The Morgan fingerprint density at radius 2 is 2.08 bits per heavy atom. The Morgan fingerprint density at radius 3 is 2.75 bits per heavy atom. The van der Waals surface area contributed by atoms with Gasteiger partial charge in [-0.15, -0.1) is 11.3 Å². The molecule has 130 valence electrons. The summed E-state index contributed by atoms with van der Waals surface area (Å²) in [5, 5.41) is 9.79. The zero-order valence-corrected chi connectivity index (χ0v) is 15.3. The largest absolute Gasteiger partial charge is 0.356 e. The average molecular weight is 348 g/mol. The third kappa shape index (κ3) is 5.92. The van der Waals surface area contributed by atoms with Gasteiger partial charge >= 0.3 is 0 Å². The summed E-state index contributed by atoms with van der Waals surface area (Å²) >= 11 is 1.73. The molecule has 2 rings (SSSR count). The minimum absolute atomic E-state index is 0.172. The Hall–Kier alpha value is -1.95. The number of benzene rings is 1. The van der Waals surface area contributed by atoms with Gasteiger partial charge in [-0.2, -0.15) is 0 Å². The predicted octanol–water partition coefficient (Wildman–Crippen LogP) is 3.59. The lowest BCUT2D eigenvalue weighted by molar-refractivity contribution is 0.615. The Morgan fingerprint density at radius 1 is 1.25 bits per heavy atom. The second-order valence-electron chi connectivity index (χ2n) is 5.78. The number of aromatic nitrogens is 1. The summed E-state index contributed by atoms with van der Waals surface area (Å²) in [5.74, 6) is 0.566. The van der Waals surface area contributed by atoms with Crippen LogP contribution in [0.5, 0.6) is 0 Å². The summed E-state index contributed by atoms with van der Waals surface area (Å²) in [6.07, 6.45) is 3.17. The third-order valence-corrected chi connectivity index (χ3v) is 4.72. The van der Waals surface area contributed by atoms with E-state index in [-0.39, 0.29) is 5.82 Å². The highest BCUT2D eigenvalue weighted by molar-refractivity contribution is 7.09. The standard InChI is InChI=1S/C18H25FN4S/c1-13-7-8-15(10-16(13)19)11-22-18(20-3)21-9-5-4-6-17-23-14(2)12-24-17/h7-8,10,12H,4-6,9,11H2,1-3H3,(H2,20,21,22). The normalized spacial score (nSPS) is 11.6. The van der Waals surface area contributed by atoms with Gasteiger partial charge in [-0.05, 0) is 50.3 Å². The fourth-order valence-electron chi connectivity index (χ4n) is 2.28. The van der Waals surface area contributed by atoms with E-state index in [1.807, 2.05) is 13.0 Å². The van der Waals surface area contributed by atoms with Crippen LogP contribution in [0.25, 0.3) is 0 Å². The molecule has 6 heteroatoms. The van der Waals surface area contributed by atoms with Crippen LogP contribution in [-0.4, -0.2) is 24.5 Å². The molecule has 0 saturated heterocycles. The lowest BCUT2D eigenvalue weighted by Gasteiger charge is -2.12. The number of hydrogen-bond donors (Lipinski definition) is 2. The number of hydrogen-bond acceptors (Lipinski definition) is 3. The maximum atomic E-state index is 13.5. The van der Waals surface area contributed by atoms with Crippen LogP contribution in [0.3, 0.4) is 0 Å². The van der Waals surface area contributed by atoms with Crippen molar-refractivity contribution in [1.29, 1.82) is 0 Å². The van der Waals surface area contributed by atoms with Crippen molar-refractivity contribution < 1.29 is 4.39 Å². The zero-order valence-electron chi connectivity index (χ0n) is 14.5. The molecule has 1 heterocycles. The molecule has 0 saturated carbocycles. The maximum Gasteiger partial charge on any atom is 0.191 e. The van der Waals surface area contributed by atoms with E-state index in [4.69, 9.17) is 0 Å². The summed E-state index contributed by atoms with van der Waals surface area (Å²) < 4.78 is 13.5. The number of thiazole rings is 1. The number of nitrogens with zero attached hydrogens (tertiary/aromatic N) is 2. The summed E-state index contributed by atoms with van der Waals surface area (Å²) in [6, 6.07) is 5.28.